The summed E-state index contributed by atoms with van der Waals surface area (Å²) in [5.74, 6) is 1.09. The lowest BCUT2D eigenvalue weighted by Gasteiger charge is -2.21. The second-order valence-electron chi connectivity index (χ2n) is 5.68. The molecule has 23 heavy (non-hydrogen) atoms. The number of amides is 4. The topological polar surface area (TPSA) is 69.7 Å². The largest absolute Gasteiger partial charge is 0.340 e. The first kappa shape index (κ1) is 15.9. The van der Waals surface area contributed by atoms with Gasteiger partial charge in [0.15, 0.2) is 0 Å². The summed E-state index contributed by atoms with van der Waals surface area (Å²) < 4.78 is 0. The first-order valence-electron chi connectivity index (χ1n) is 7.64. The Bertz CT molecular complexity index is 592. The van der Waals surface area contributed by atoms with Gasteiger partial charge in [0.1, 0.15) is 0 Å². The van der Waals surface area contributed by atoms with E-state index in [4.69, 9.17) is 0 Å². The van der Waals surface area contributed by atoms with Crippen LogP contribution in [-0.2, 0) is 15.3 Å². The van der Waals surface area contributed by atoms with Gasteiger partial charge in [-0.3, -0.25) is 14.5 Å². The van der Waals surface area contributed by atoms with Gasteiger partial charge in [0.25, 0.3) is 0 Å². The SMILES string of the molecule is O=C(CSCc1ccccc1)N1CCC(N2C(=O)CNC2=O)C1. The Morgan fingerprint density at radius 1 is 1.26 bits per heavy atom. The molecule has 0 aliphatic carbocycles. The molecule has 0 aromatic heterocycles. The van der Waals surface area contributed by atoms with Crippen LogP contribution in [0.25, 0.3) is 0 Å². The molecule has 122 valence electrons. The minimum absolute atomic E-state index is 0.0657. The number of hydrogen-bond acceptors (Lipinski definition) is 4. The summed E-state index contributed by atoms with van der Waals surface area (Å²) in [4.78, 5) is 38.7. The van der Waals surface area contributed by atoms with Crippen LogP contribution in [0.1, 0.15) is 12.0 Å². The highest BCUT2D eigenvalue weighted by Crippen LogP contribution is 2.20. The molecule has 1 aromatic rings. The first-order valence-corrected chi connectivity index (χ1v) is 8.80. The number of nitrogens with one attached hydrogen (secondary N) is 1. The smallest absolute Gasteiger partial charge is 0.324 e. The standard InChI is InChI=1S/C16H19N3O3S/c20-14-8-17-16(22)19(14)13-6-7-18(9-13)15(21)11-23-10-12-4-2-1-3-5-12/h1-5,13H,6-11H2,(H,17,22). The van der Waals surface area contributed by atoms with Gasteiger partial charge in [-0.05, 0) is 12.0 Å². The third-order valence-corrected chi connectivity index (χ3v) is 5.09. The van der Waals surface area contributed by atoms with Crippen molar-refractivity contribution in [1.29, 1.82) is 0 Å². The number of likely N-dealkylation sites (tertiary alicyclic amines) is 1. The van der Waals surface area contributed by atoms with Gasteiger partial charge in [-0.2, -0.15) is 0 Å². The maximum atomic E-state index is 12.3. The fraction of sp³-hybridized carbons (Fsp3) is 0.438. The van der Waals surface area contributed by atoms with E-state index in [9.17, 15) is 14.4 Å². The molecule has 3 rings (SSSR count). The van der Waals surface area contributed by atoms with E-state index >= 15 is 0 Å². The third-order valence-electron chi connectivity index (χ3n) is 4.10. The summed E-state index contributed by atoms with van der Waals surface area (Å²) in [7, 11) is 0. The van der Waals surface area contributed by atoms with Gasteiger partial charge in [-0.25, -0.2) is 4.79 Å². The Morgan fingerprint density at radius 2 is 2.04 bits per heavy atom. The lowest BCUT2D eigenvalue weighted by Crippen LogP contribution is -2.43. The highest BCUT2D eigenvalue weighted by molar-refractivity contribution is 7.99. The molecule has 0 spiro atoms. The average molecular weight is 333 g/mol. The normalized spacial score (nSPS) is 21.0. The van der Waals surface area contributed by atoms with E-state index in [1.165, 1.54) is 10.5 Å². The molecule has 4 amide bonds. The van der Waals surface area contributed by atoms with E-state index in [1.807, 2.05) is 30.3 Å². The average Bonchev–Trinajstić information content (AvgIpc) is 3.15. The molecule has 1 aromatic carbocycles. The molecule has 7 heteroatoms. The molecular formula is C16H19N3O3S. The van der Waals surface area contributed by atoms with Crippen molar-refractivity contribution in [1.82, 2.24) is 15.1 Å². The molecule has 0 bridgehead atoms. The highest BCUT2D eigenvalue weighted by Gasteiger charge is 2.39. The quantitative estimate of drug-likeness (QED) is 0.819. The van der Waals surface area contributed by atoms with E-state index in [0.29, 0.717) is 25.3 Å². The molecular weight excluding hydrogens is 314 g/mol. The van der Waals surface area contributed by atoms with E-state index < -0.39 is 0 Å². The van der Waals surface area contributed by atoms with Crippen molar-refractivity contribution in [3.63, 3.8) is 0 Å². The Morgan fingerprint density at radius 3 is 2.74 bits per heavy atom. The van der Waals surface area contributed by atoms with Crippen LogP contribution in [0.15, 0.2) is 30.3 Å². The highest BCUT2D eigenvalue weighted by atomic mass is 32.2. The van der Waals surface area contributed by atoms with Crippen molar-refractivity contribution in [2.24, 2.45) is 0 Å². The second-order valence-corrected chi connectivity index (χ2v) is 6.67. The van der Waals surface area contributed by atoms with Crippen LogP contribution < -0.4 is 5.32 Å². The number of urea groups is 1. The zero-order valence-electron chi connectivity index (χ0n) is 12.7. The molecule has 1 unspecified atom stereocenters. The Kier molecular flexibility index (Phi) is 4.85. The van der Waals surface area contributed by atoms with Crippen LogP contribution in [0.4, 0.5) is 4.79 Å². The number of benzene rings is 1. The molecule has 6 nitrogen and oxygen atoms in total. The molecule has 2 aliphatic rings. The molecule has 2 aliphatic heterocycles. The van der Waals surface area contributed by atoms with Crippen molar-refractivity contribution in [2.75, 3.05) is 25.4 Å². The van der Waals surface area contributed by atoms with Crippen molar-refractivity contribution in [3.8, 4) is 0 Å². The van der Waals surface area contributed by atoms with Gasteiger partial charge in [0, 0.05) is 18.8 Å². The number of imide groups is 1. The number of carbonyl (C=O) groups is 3. The van der Waals surface area contributed by atoms with E-state index in [0.717, 1.165) is 5.75 Å². The molecule has 1 N–H and O–H groups in total. The molecule has 2 heterocycles. The monoisotopic (exact) mass is 333 g/mol. The number of thioether (sulfide) groups is 1. The predicted molar refractivity (Wildman–Crippen MR) is 87.8 cm³/mol. The fourth-order valence-corrected chi connectivity index (χ4v) is 3.79. The second kappa shape index (κ2) is 7.04. The summed E-state index contributed by atoms with van der Waals surface area (Å²) in [5.41, 5.74) is 1.20. The van der Waals surface area contributed by atoms with Gasteiger partial charge in [0.05, 0.1) is 18.3 Å². The van der Waals surface area contributed by atoms with Crippen LogP contribution in [0.5, 0.6) is 0 Å². The van der Waals surface area contributed by atoms with Crippen molar-refractivity contribution >= 4 is 29.6 Å². The van der Waals surface area contributed by atoms with E-state index in [2.05, 4.69) is 5.32 Å². The van der Waals surface area contributed by atoms with Crippen LogP contribution in [-0.4, -0.2) is 59.1 Å². The maximum absolute atomic E-state index is 12.3. The van der Waals surface area contributed by atoms with Gasteiger partial charge in [-0.15, -0.1) is 11.8 Å². The van der Waals surface area contributed by atoms with Crippen molar-refractivity contribution < 1.29 is 14.4 Å². The van der Waals surface area contributed by atoms with Gasteiger partial charge < -0.3 is 10.2 Å². The van der Waals surface area contributed by atoms with Crippen LogP contribution in [0.3, 0.4) is 0 Å². The molecule has 0 radical (unpaired) electrons. The van der Waals surface area contributed by atoms with Gasteiger partial charge in [-0.1, -0.05) is 30.3 Å². The summed E-state index contributed by atoms with van der Waals surface area (Å²) in [6, 6.07) is 9.50. The maximum Gasteiger partial charge on any atom is 0.324 e. The summed E-state index contributed by atoms with van der Waals surface area (Å²) in [5, 5.41) is 2.52. The van der Waals surface area contributed by atoms with Crippen molar-refractivity contribution in [2.45, 2.75) is 18.2 Å². The van der Waals surface area contributed by atoms with Crippen LogP contribution in [0, 0.1) is 0 Å². The van der Waals surface area contributed by atoms with Gasteiger partial charge in [0.2, 0.25) is 11.8 Å². The minimum Gasteiger partial charge on any atom is -0.340 e. The van der Waals surface area contributed by atoms with Crippen molar-refractivity contribution in [3.05, 3.63) is 35.9 Å². The number of hydrogen-bond donors (Lipinski definition) is 1. The number of carbonyl (C=O) groups excluding carboxylic acids is 3. The first-order chi connectivity index (χ1) is 11.1. The van der Waals surface area contributed by atoms with Crippen LogP contribution in [0.2, 0.25) is 0 Å². The fourth-order valence-electron chi connectivity index (χ4n) is 2.91. The Hall–Kier alpha value is -2.02. The lowest BCUT2D eigenvalue weighted by atomic mass is 10.2. The lowest BCUT2D eigenvalue weighted by molar-refractivity contribution is -0.129. The molecule has 0 saturated carbocycles. The van der Waals surface area contributed by atoms with E-state index in [-0.39, 0.29) is 30.4 Å². The molecule has 2 fully saturated rings. The number of rotatable bonds is 5. The summed E-state index contributed by atoms with van der Waals surface area (Å²) >= 11 is 1.58. The zero-order chi connectivity index (χ0) is 16.2. The van der Waals surface area contributed by atoms with Crippen LogP contribution >= 0.6 is 11.8 Å². The predicted octanol–water partition coefficient (Wildman–Crippen LogP) is 1.07. The number of nitrogens with zero attached hydrogens (tertiary/aromatic N) is 2. The van der Waals surface area contributed by atoms with Gasteiger partial charge >= 0.3 is 6.03 Å². The third kappa shape index (κ3) is 3.67. The summed E-state index contributed by atoms with van der Waals surface area (Å²) in [6.45, 7) is 1.12. The minimum atomic E-state index is -0.340. The van der Waals surface area contributed by atoms with E-state index in [1.54, 1.807) is 16.7 Å². The Balaban J connectivity index is 1.46. The Labute approximate surface area is 139 Å². The zero-order valence-corrected chi connectivity index (χ0v) is 13.6. The summed E-state index contributed by atoms with van der Waals surface area (Å²) in [6.07, 6.45) is 0.661. The molecule has 2 saturated heterocycles. The molecule has 1 atom stereocenters.